The smallest absolute Gasteiger partial charge is 0.270 e. The third-order valence-electron chi connectivity index (χ3n) is 2.86. The Kier molecular flexibility index (Phi) is 4.90. The van der Waals surface area contributed by atoms with E-state index in [0.29, 0.717) is 17.9 Å². The number of halogens is 1. The minimum Gasteiger partial charge on any atom is -0.393 e. The van der Waals surface area contributed by atoms with E-state index in [0.717, 1.165) is 5.56 Å². The van der Waals surface area contributed by atoms with E-state index >= 15 is 0 Å². The molecular formula is C12H16ClNO3. The molecule has 0 bridgehead atoms. The van der Waals surface area contributed by atoms with Gasteiger partial charge in [0.15, 0.2) is 0 Å². The lowest BCUT2D eigenvalue weighted by molar-refractivity contribution is -0.384. The predicted octanol–water partition coefficient (Wildman–Crippen LogP) is 3.20. The molecule has 0 aromatic heterocycles. The molecule has 4 nitrogen and oxygen atoms in total. The van der Waals surface area contributed by atoms with Crippen LogP contribution in [0.3, 0.4) is 0 Å². The molecule has 0 aliphatic carbocycles. The number of aliphatic hydroxyl groups is 1. The molecule has 0 aliphatic heterocycles. The van der Waals surface area contributed by atoms with Crippen molar-refractivity contribution in [1.29, 1.82) is 0 Å². The third kappa shape index (κ3) is 3.68. The van der Waals surface area contributed by atoms with Gasteiger partial charge in [-0.2, -0.15) is 0 Å². The van der Waals surface area contributed by atoms with Gasteiger partial charge in [-0.05, 0) is 24.3 Å². The number of rotatable bonds is 5. The minimum absolute atomic E-state index is 0.0116. The molecule has 2 unspecified atom stereocenters. The van der Waals surface area contributed by atoms with Crippen molar-refractivity contribution in [3.63, 3.8) is 0 Å². The van der Waals surface area contributed by atoms with Gasteiger partial charge in [-0.1, -0.05) is 31.5 Å². The van der Waals surface area contributed by atoms with Crippen molar-refractivity contribution >= 4 is 17.3 Å². The first kappa shape index (κ1) is 13.9. The molecule has 2 atom stereocenters. The maximum atomic E-state index is 10.5. The van der Waals surface area contributed by atoms with Crippen LogP contribution in [0.15, 0.2) is 18.2 Å². The van der Waals surface area contributed by atoms with Crippen LogP contribution in [0.4, 0.5) is 5.69 Å². The highest BCUT2D eigenvalue weighted by Gasteiger charge is 2.16. The second-order valence-electron chi connectivity index (χ2n) is 4.19. The normalized spacial score (nSPS) is 14.4. The van der Waals surface area contributed by atoms with Crippen LogP contribution in [0.5, 0.6) is 0 Å². The lowest BCUT2D eigenvalue weighted by Crippen LogP contribution is -2.18. The molecule has 0 spiro atoms. The molecule has 0 saturated carbocycles. The van der Waals surface area contributed by atoms with Crippen LogP contribution in [0.25, 0.3) is 0 Å². The Bertz CT molecular complexity index is 409. The van der Waals surface area contributed by atoms with Gasteiger partial charge in [0.2, 0.25) is 0 Å². The summed E-state index contributed by atoms with van der Waals surface area (Å²) in [5.74, 6) is 0.0824. The molecule has 0 amide bonds. The number of hydrogen-bond donors (Lipinski definition) is 1. The van der Waals surface area contributed by atoms with Crippen LogP contribution in [0.1, 0.15) is 25.8 Å². The number of non-ortho nitro benzene ring substituents is 1. The summed E-state index contributed by atoms with van der Waals surface area (Å²) in [5, 5.41) is 20.6. The van der Waals surface area contributed by atoms with Gasteiger partial charge in [0.1, 0.15) is 0 Å². The minimum atomic E-state index is -0.472. The number of nitro benzene ring substituents is 1. The zero-order valence-corrected chi connectivity index (χ0v) is 10.6. The van der Waals surface area contributed by atoms with Gasteiger partial charge in [0.05, 0.1) is 16.0 Å². The molecule has 94 valence electrons. The SMILES string of the molecule is CCC(O)C(C)Cc1ccc([N+](=O)[O-])cc1Cl. The van der Waals surface area contributed by atoms with Gasteiger partial charge in [-0.15, -0.1) is 0 Å². The van der Waals surface area contributed by atoms with Gasteiger partial charge in [-0.25, -0.2) is 0 Å². The Morgan fingerprint density at radius 3 is 2.65 bits per heavy atom. The highest BCUT2D eigenvalue weighted by Crippen LogP contribution is 2.25. The first-order valence-corrected chi connectivity index (χ1v) is 5.94. The third-order valence-corrected chi connectivity index (χ3v) is 3.22. The molecule has 5 heteroatoms. The van der Waals surface area contributed by atoms with Crippen LogP contribution >= 0.6 is 11.6 Å². The number of nitrogens with zero attached hydrogens (tertiary/aromatic N) is 1. The molecular weight excluding hydrogens is 242 g/mol. The summed E-state index contributed by atoms with van der Waals surface area (Å²) in [5.41, 5.74) is 0.819. The van der Waals surface area contributed by atoms with Gasteiger partial charge in [-0.3, -0.25) is 10.1 Å². The second kappa shape index (κ2) is 5.98. The summed E-state index contributed by atoms with van der Waals surface area (Å²) < 4.78 is 0. The first-order valence-electron chi connectivity index (χ1n) is 5.56. The summed E-state index contributed by atoms with van der Waals surface area (Å²) in [6.07, 6.45) is 0.929. The molecule has 1 aromatic carbocycles. The van der Waals surface area contributed by atoms with Crippen molar-refractivity contribution in [2.24, 2.45) is 5.92 Å². The maximum Gasteiger partial charge on any atom is 0.270 e. The van der Waals surface area contributed by atoms with E-state index in [2.05, 4.69) is 0 Å². The van der Waals surface area contributed by atoms with Crippen molar-refractivity contribution in [1.82, 2.24) is 0 Å². The molecule has 17 heavy (non-hydrogen) atoms. The summed E-state index contributed by atoms with van der Waals surface area (Å²) in [7, 11) is 0. The fraction of sp³-hybridized carbons (Fsp3) is 0.500. The van der Waals surface area contributed by atoms with Gasteiger partial charge < -0.3 is 5.11 Å². The summed E-state index contributed by atoms with van der Waals surface area (Å²) in [4.78, 5) is 10.1. The van der Waals surface area contributed by atoms with Crippen molar-refractivity contribution in [2.45, 2.75) is 32.8 Å². The number of nitro groups is 1. The summed E-state index contributed by atoms with van der Waals surface area (Å²) >= 11 is 5.98. The Labute approximate surface area is 105 Å². The Hall–Kier alpha value is -1.13. The van der Waals surface area contributed by atoms with E-state index in [-0.39, 0.29) is 17.7 Å². The molecule has 1 aromatic rings. The van der Waals surface area contributed by atoms with Crippen molar-refractivity contribution in [3.8, 4) is 0 Å². The molecule has 0 radical (unpaired) electrons. The largest absolute Gasteiger partial charge is 0.393 e. The molecule has 0 heterocycles. The van der Waals surface area contributed by atoms with E-state index in [1.807, 2.05) is 13.8 Å². The highest BCUT2D eigenvalue weighted by atomic mass is 35.5. The number of benzene rings is 1. The quantitative estimate of drug-likeness (QED) is 0.651. The van der Waals surface area contributed by atoms with Gasteiger partial charge >= 0.3 is 0 Å². The van der Waals surface area contributed by atoms with Gasteiger partial charge in [0, 0.05) is 12.1 Å². The lowest BCUT2D eigenvalue weighted by Gasteiger charge is -2.17. The first-order chi connectivity index (χ1) is 7.95. The summed E-state index contributed by atoms with van der Waals surface area (Å²) in [6, 6.07) is 4.44. The standard InChI is InChI=1S/C12H16ClNO3/c1-3-12(15)8(2)6-9-4-5-10(14(16)17)7-11(9)13/h4-5,7-8,12,15H,3,6H2,1-2H3. The van der Waals surface area contributed by atoms with Crippen LogP contribution in [0, 0.1) is 16.0 Å². The molecule has 1 N–H and O–H groups in total. The van der Waals surface area contributed by atoms with Crippen molar-refractivity contribution < 1.29 is 10.0 Å². The Morgan fingerprint density at radius 1 is 1.53 bits per heavy atom. The fourth-order valence-corrected chi connectivity index (χ4v) is 1.95. The Morgan fingerprint density at radius 2 is 2.18 bits per heavy atom. The topological polar surface area (TPSA) is 63.4 Å². The average Bonchev–Trinajstić information content (AvgIpc) is 2.30. The number of aliphatic hydroxyl groups excluding tert-OH is 1. The second-order valence-corrected chi connectivity index (χ2v) is 4.60. The van der Waals surface area contributed by atoms with E-state index in [4.69, 9.17) is 11.6 Å². The highest BCUT2D eigenvalue weighted by molar-refractivity contribution is 6.31. The van der Waals surface area contributed by atoms with Crippen LogP contribution in [0.2, 0.25) is 5.02 Å². The average molecular weight is 258 g/mol. The molecule has 0 aliphatic rings. The lowest BCUT2D eigenvalue weighted by atomic mass is 9.94. The van der Waals surface area contributed by atoms with E-state index in [1.54, 1.807) is 6.07 Å². The fourth-order valence-electron chi connectivity index (χ4n) is 1.70. The predicted molar refractivity (Wildman–Crippen MR) is 67.3 cm³/mol. The maximum absolute atomic E-state index is 10.5. The van der Waals surface area contributed by atoms with Crippen molar-refractivity contribution in [3.05, 3.63) is 38.9 Å². The zero-order valence-electron chi connectivity index (χ0n) is 9.89. The van der Waals surface area contributed by atoms with E-state index in [1.165, 1.54) is 12.1 Å². The molecule has 0 saturated heterocycles. The Balaban J connectivity index is 2.82. The van der Waals surface area contributed by atoms with E-state index in [9.17, 15) is 15.2 Å². The zero-order chi connectivity index (χ0) is 13.0. The van der Waals surface area contributed by atoms with Crippen LogP contribution < -0.4 is 0 Å². The van der Waals surface area contributed by atoms with Crippen LogP contribution in [-0.2, 0) is 6.42 Å². The van der Waals surface area contributed by atoms with Crippen LogP contribution in [-0.4, -0.2) is 16.1 Å². The van der Waals surface area contributed by atoms with Gasteiger partial charge in [0.25, 0.3) is 5.69 Å². The molecule has 1 rings (SSSR count). The van der Waals surface area contributed by atoms with E-state index < -0.39 is 4.92 Å². The molecule has 0 fully saturated rings. The van der Waals surface area contributed by atoms with Crippen molar-refractivity contribution in [2.75, 3.05) is 0 Å². The monoisotopic (exact) mass is 257 g/mol. The number of hydrogen-bond acceptors (Lipinski definition) is 3. The summed E-state index contributed by atoms with van der Waals surface area (Å²) in [6.45, 7) is 3.85.